The number of rotatable bonds is 2. The summed E-state index contributed by atoms with van der Waals surface area (Å²) in [6.45, 7) is 2.08. The predicted octanol–water partition coefficient (Wildman–Crippen LogP) is 2.16. The van der Waals surface area contributed by atoms with Gasteiger partial charge in [0, 0.05) is 5.92 Å². The van der Waals surface area contributed by atoms with E-state index in [0.29, 0.717) is 11.3 Å². The van der Waals surface area contributed by atoms with E-state index in [1.54, 1.807) is 0 Å². The number of fused-ring (bicyclic) bond motifs is 2. The van der Waals surface area contributed by atoms with E-state index in [4.69, 9.17) is 5.73 Å². The van der Waals surface area contributed by atoms with Crippen LogP contribution in [0.5, 0.6) is 0 Å². The molecule has 1 spiro atoms. The second-order valence-corrected chi connectivity index (χ2v) is 10.8. The van der Waals surface area contributed by atoms with Gasteiger partial charge in [0.15, 0.2) is 6.04 Å². The van der Waals surface area contributed by atoms with Gasteiger partial charge in [-0.1, -0.05) is 56.2 Å². The number of urea groups is 1. The second kappa shape index (κ2) is 8.14. The number of benzene rings is 1. The van der Waals surface area contributed by atoms with Gasteiger partial charge < -0.3 is 18.1 Å². The zero-order valence-corrected chi connectivity index (χ0v) is 18.9. The van der Waals surface area contributed by atoms with Gasteiger partial charge in [-0.25, -0.2) is 9.69 Å². The first-order valence-corrected chi connectivity index (χ1v) is 12.0. The van der Waals surface area contributed by atoms with Gasteiger partial charge in [-0.2, -0.15) is 4.58 Å². The number of halogens is 1. The maximum atomic E-state index is 13.7. The van der Waals surface area contributed by atoms with Gasteiger partial charge in [0.1, 0.15) is 11.1 Å². The molecular weight excluding hydrogens is 402 g/mol. The molecule has 4 aliphatic rings. The second-order valence-electron chi connectivity index (χ2n) is 9.22. The van der Waals surface area contributed by atoms with Crippen LogP contribution in [0.2, 0.25) is 0 Å². The van der Waals surface area contributed by atoms with Crippen LogP contribution in [0.25, 0.3) is 0 Å². The summed E-state index contributed by atoms with van der Waals surface area (Å²) in [4.78, 5) is 15.9. The first-order valence-electron chi connectivity index (χ1n) is 11.1. The Bertz CT molecular complexity index is 797. The summed E-state index contributed by atoms with van der Waals surface area (Å²) in [5.74, 6) is 1.39. The molecule has 4 nitrogen and oxygen atoms in total. The summed E-state index contributed by atoms with van der Waals surface area (Å²) in [5.41, 5.74) is 8.91. The number of hydrogen-bond acceptors (Lipinski definition) is 3. The van der Waals surface area contributed by atoms with E-state index in [1.807, 2.05) is 16.7 Å². The van der Waals surface area contributed by atoms with Crippen molar-refractivity contribution in [2.45, 2.75) is 87.3 Å². The molecule has 2 saturated carbocycles. The van der Waals surface area contributed by atoms with E-state index in [-0.39, 0.29) is 29.2 Å². The number of carbonyl (C=O) groups is 1. The number of nitrogens with two attached hydrogens (primary N) is 1. The number of amides is 2. The lowest BCUT2D eigenvalue weighted by atomic mass is 9.81. The molecule has 6 heteroatoms. The summed E-state index contributed by atoms with van der Waals surface area (Å²) >= 11 is 2.12. The third-order valence-corrected chi connectivity index (χ3v) is 9.36. The molecule has 2 heterocycles. The number of thioether (sulfide) groups is 1. The highest BCUT2D eigenvalue weighted by Crippen LogP contribution is 2.57. The predicted molar refractivity (Wildman–Crippen MR) is 115 cm³/mol. The summed E-state index contributed by atoms with van der Waals surface area (Å²) in [6.07, 6.45) is 12.7. The van der Waals surface area contributed by atoms with Crippen LogP contribution in [-0.4, -0.2) is 37.5 Å². The average molecular weight is 434 g/mol. The van der Waals surface area contributed by atoms with E-state index in [1.165, 1.54) is 69.8 Å². The third kappa shape index (κ3) is 3.38. The van der Waals surface area contributed by atoms with Crippen molar-refractivity contribution in [2.75, 3.05) is 0 Å². The molecular formula is C23H32ClN3OS. The highest BCUT2D eigenvalue weighted by atomic mass is 35.5. The Labute approximate surface area is 184 Å². The lowest BCUT2D eigenvalue weighted by Crippen LogP contribution is -3.00. The van der Waals surface area contributed by atoms with Crippen LogP contribution in [-0.2, 0) is 0 Å². The maximum Gasteiger partial charge on any atom is 0.445 e. The molecule has 2 atom stereocenters. The van der Waals surface area contributed by atoms with Gasteiger partial charge in [0.05, 0.1) is 4.75 Å². The van der Waals surface area contributed by atoms with Crippen LogP contribution in [0, 0.1) is 12.8 Å². The number of nitrogens with zero attached hydrogens (tertiary/aromatic N) is 2. The molecule has 0 bridgehead atoms. The Hall–Kier alpha value is -1.20. The fraction of sp³-hybridized carbons (Fsp3) is 0.652. The van der Waals surface area contributed by atoms with Gasteiger partial charge >= 0.3 is 6.03 Å². The first kappa shape index (κ1) is 21.0. The number of aryl methyl sites for hydroxylation is 1. The fourth-order valence-electron chi connectivity index (χ4n) is 5.98. The summed E-state index contributed by atoms with van der Waals surface area (Å²) in [7, 11) is 0. The largest absolute Gasteiger partial charge is 1.00 e. The van der Waals surface area contributed by atoms with Crippen LogP contribution in [0.3, 0.4) is 0 Å². The summed E-state index contributed by atoms with van der Waals surface area (Å²) < 4.78 is 1.94. The fourth-order valence-corrected chi connectivity index (χ4v) is 8.14. The molecule has 0 radical (unpaired) electrons. The van der Waals surface area contributed by atoms with Crippen molar-refractivity contribution in [1.29, 1.82) is 0 Å². The van der Waals surface area contributed by atoms with Crippen molar-refractivity contribution in [3.05, 3.63) is 29.8 Å². The molecule has 1 aromatic carbocycles. The van der Waals surface area contributed by atoms with Crippen molar-refractivity contribution < 1.29 is 21.8 Å². The van der Waals surface area contributed by atoms with Gasteiger partial charge in [-0.05, 0) is 44.7 Å². The standard InChI is InChI=1S/C23H31N3OS.ClH/c1-16-10-12-18(13-11-16)25-20(24)19-23(14-6-3-7-15-23)28-21(26(19)22(25)27)17-8-4-2-5-9-17;/h10-13,17,19,21,24H,2-9,14-15H2,1H3;1H. The molecule has 1 saturated heterocycles. The van der Waals surface area contributed by atoms with Crippen molar-refractivity contribution in [2.24, 2.45) is 11.7 Å². The molecule has 2 N–H and O–H groups in total. The zero-order chi connectivity index (χ0) is 19.3. The third-order valence-electron chi connectivity index (χ3n) is 7.40. The first-order chi connectivity index (χ1) is 13.6. The Kier molecular flexibility index (Phi) is 5.91. The quantitative estimate of drug-likeness (QED) is 0.727. The molecule has 0 aromatic heterocycles. The molecule has 158 valence electrons. The van der Waals surface area contributed by atoms with Gasteiger partial charge in [-0.3, -0.25) is 0 Å². The minimum atomic E-state index is 0. The maximum absolute atomic E-state index is 13.7. The lowest BCUT2D eigenvalue weighted by Gasteiger charge is -2.34. The van der Waals surface area contributed by atoms with Crippen molar-refractivity contribution in [1.82, 2.24) is 4.90 Å². The van der Waals surface area contributed by atoms with Crippen LogP contribution in [0.15, 0.2) is 24.3 Å². The zero-order valence-electron chi connectivity index (χ0n) is 17.3. The van der Waals surface area contributed by atoms with E-state index >= 15 is 0 Å². The summed E-state index contributed by atoms with van der Waals surface area (Å²) in [5, 5.41) is 0.296. The Morgan fingerprint density at radius 3 is 2.31 bits per heavy atom. The van der Waals surface area contributed by atoms with E-state index < -0.39 is 0 Å². The van der Waals surface area contributed by atoms with Gasteiger partial charge in [-0.15, -0.1) is 11.8 Å². The highest BCUT2D eigenvalue weighted by molar-refractivity contribution is 8.01. The lowest BCUT2D eigenvalue weighted by molar-refractivity contribution is -0.334. The number of amidine groups is 1. The monoisotopic (exact) mass is 433 g/mol. The smallest absolute Gasteiger partial charge is 0.445 e. The van der Waals surface area contributed by atoms with Crippen LogP contribution >= 0.6 is 11.8 Å². The van der Waals surface area contributed by atoms with Crippen LogP contribution in [0.1, 0.15) is 69.8 Å². The van der Waals surface area contributed by atoms with Gasteiger partial charge in [0.2, 0.25) is 5.84 Å². The number of carbonyl (C=O) groups excluding carboxylic acids is 1. The molecule has 2 aliphatic heterocycles. The topological polar surface area (TPSA) is 49.3 Å². The van der Waals surface area contributed by atoms with E-state index in [0.717, 1.165) is 11.5 Å². The van der Waals surface area contributed by atoms with Crippen molar-refractivity contribution >= 4 is 29.3 Å². The van der Waals surface area contributed by atoms with E-state index in [2.05, 4.69) is 35.7 Å². The molecule has 2 aliphatic carbocycles. The van der Waals surface area contributed by atoms with Crippen molar-refractivity contribution in [3.63, 3.8) is 0 Å². The van der Waals surface area contributed by atoms with Crippen LogP contribution < -0.4 is 18.1 Å². The molecule has 5 rings (SSSR count). The Morgan fingerprint density at radius 1 is 1.03 bits per heavy atom. The van der Waals surface area contributed by atoms with Crippen LogP contribution in [0.4, 0.5) is 10.5 Å². The molecule has 2 amide bonds. The molecule has 2 unspecified atom stereocenters. The number of hydrogen-bond donors (Lipinski definition) is 1. The summed E-state index contributed by atoms with van der Waals surface area (Å²) in [6, 6.07) is 8.40. The Balaban J connectivity index is 0.00000205. The molecule has 1 aromatic rings. The average Bonchev–Trinajstić information content (AvgIpc) is 3.18. The SMILES string of the molecule is Cc1ccc([N+]2=C(N)C3N(C2=O)C(C2CCCCC2)SC32CCCCC2)cc1.[Cl-]. The minimum Gasteiger partial charge on any atom is -1.00 e. The van der Waals surface area contributed by atoms with E-state index in [9.17, 15) is 4.79 Å². The molecule has 3 fully saturated rings. The molecule has 29 heavy (non-hydrogen) atoms. The van der Waals surface area contributed by atoms with Crippen molar-refractivity contribution in [3.8, 4) is 0 Å². The van der Waals surface area contributed by atoms with Gasteiger partial charge in [0.25, 0.3) is 0 Å². The highest BCUT2D eigenvalue weighted by Gasteiger charge is 2.66. The Morgan fingerprint density at radius 2 is 1.66 bits per heavy atom. The normalized spacial score (nSPS) is 29.3. The minimum absolute atomic E-state index is 0.